The third-order valence-electron chi connectivity index (χ3n) is 2.37. The molecule has 0 radical (unpaired) electrons. The molecule has 0 aliphatic carbocycles. The minimum Gasteiger partial charge on any atom is -0.224 e. The minimum absolute atomic E-state index is 0.423. The van der Waals surface area contributed by atoms with E-state index in [2.05, 4.69) is 37.7 Å². The van der Waals surface area contributed by atoms with Gasteiger partial charge in [0, 0.05) is 3.57 Å². The quantitative estimate of drug-likeness (QED) is 0.497. The van der Waals surface area contributed by atoms with Crippen LogP contribution in [0.25, 0.3) is 16.7 Å². The molecule has 0 saturated heterocycles. The Morgan fingerprint density at radius 2 is 2.12 bits per heavy atom. The average molecular weight is 357 g/mol. The molecule has 0 fully saturated rings. The third-order valence-corrected chi connectivity index (χ3v) is 3.34. The summed E-state index contributed by atoms with van der Waals surface area (Å²) in [6.45, 7) is 0. The van der Waals surface area contributed by atoms with Crippen LogP contribution in [0.15, 0.2) is 36.8 Å². The standard InChI is InChI=1S/C11H6ClIN4/c12-10-9-5-16-17(11(9)15-6-14-10)8-3-1-2-7(13)4-8/h1-6H. The van der Waals surface area contributed by atoms with Gasteiger partial charge in [-0.1, -0.05) is 17.7 Å². The zero-order valence-electron chi connectivity index (χ0n) is 8.51. The van der Waals surface area contributed by atoms with Gasteiger partial charge >= 0.3 is 0 Å². The summed E-state index contributed by atoms with van der Waals surface area (Å²) in [5, 5.41) is 5.47. The van der Waals surface area contributed by atoms with Crippen molar-refractivity contribution < 1.29 is 0 Å². The topological polar surface area (TPSA) is 43.6 Å². The van der Waals surface area contributed by atoms with Gasteiger partial charge < -0.3 is 0 Å². The van der Waals surface area contributed by atoms with Crippen LogP contribution in [-0.4, -0.2) is 19.7 Å². The highest BCUT2D eigenvalue weighted by Gasteiger charge is 2.09. The molecule has 0 amide bonds. The van der Waals surface area contributed by atoms with Crippen molar-refractivity contribution in [1.82, 2.24) is 19.7 Å². The van der Waals surface area contributed by atoms with Gasteiger partial charge in [0.15, 0.2) is 5.65 Å². The molecule has 17 heavy (non-hydrogen) atoms. The molecule has 2 heterocycles. The lowest BCUT2D eigenvalue weighted by Gasteiger charge is -2.02. The smallest absolute Gasteiger partial charge is 0.167 e. The van der Waals surface area contributed by atoms with Gasteiger partial charge in [-0.25, -0.2) is 14.6 Å². The molecule has 4 nitrogen and oxygen atoms in total. The molecule has 0 N–H and O–H groups in total. The van der Waals surface area contributed by atoms with Crippen molar-refractivity contribution in [2.45, 2.75) is 0 Å². The van der Waals surface area contributed by atoms with Crippen LogP contribution >= 0.6 is 34.2 Å². The van der Waals surface area contributed by atoms with E-state index in [1.54, 1.807) is 10.9 Å². The fraction of sp³-hybridized carbons (Fsp3) is 0. The summed E-state index contributed by atoms with van der Waals surface area (Å²) in [5.74, 6) is 0. The van der Waals surface area contributed by atoms with Gasteiger partial charge in [-0.3, -0.25) is 0 Å². The molecule has 84 valence electrons. The first-order chi connectivity index (χ1) is 8.25. The highest BCUT2D eigenvalue weighted by Crippen LogP contribution is 2.21. The number of hydrogen-bond donors (Lipinski definition) is 0. The molecule has 0 unspecified atom stereocenters. The molecule has 0 spiro atoms. The molecule has 2 aromatic heterocycles. The van der Waals surface area contributed by atoms with E-state index in [1.165, 1.54) is 6.33 Å². The maximum absolute atomic E-state index is 5.98. The molecular weight excluding hydrogens is 351 g/mol. The average Bonchev–Trinajstić information content (AvgIpc) is 2.74. The number of aromatic nitrogens is 4. The first-order valence-corrected chi connectivity index (χ1v) is 6.31. The number of fused-ring (bicyclic) bond motifs is 1. The summed E-state index contributed by atoms with van der Waals surface area (Å²) < 4.78 is 2.90. The largest absolute Gasteiger partial charge is 0.224 e. The van der Waals surface area contributed by atoms with E-state index in [0.717, 1.165) is 14.6 Å². The van der Waals surface area contributed by atoms with Crippen LogP contribution < -0.4 is 0 Å². The summed E-state index contributed by atoms with van der Waals surface area (Å²) in [7, 11) is 0. The zero-order valence-corrected chi connectivity index (χ0v) is 11.4. The zero-order chi connectivity index (χ0) is 11.8. The van der Waals surface area contributed by atoms with Crippen LogP contribution in [0.5, 0.6) is 0 Å². The van der Waals surface area contributed by atoms with Crippen molar-refractivity contribution in [2.75, 3.05) is 0 Å². The van der Waals surface area contributed by atoms with Gasteiger partial charge in [0.05, 0.1) is 17.3 Å². The van der Waals surface area contributed by atoms with E-state index in [-0.39, 0.29) is 0 Å². The van der Waals surface area contributed by atoms with Crippen molar-refractivity contribution >= 4 is 45.2 Å². The Labute approximate surface area is 116 Å². The molecule has 6 heteroatoms. The van der Waals surface area contributed by atoms with E-state index in [4.69, 9.17) is 11.6 Å². The maximum atomic E-state index is 5.98. The van der Waals surface area contributed by atoms with Gasteiger partial charge in [-0.2, -0.15) is 5.10 Å². The molecule has 0 aliphatic rings. The highest BCUT2D eigenvalue weighted by molar-refractivity contribution is 14.1. The molecule has 0 saturated carbocycles. The number of nitrogens with zero attached hydrogens (tertiary/aromatic N) is 4. The van der Waals surface area contributed by atoms with Crippen molar-refractivity contribution in [3.05, 3.63) is 45.5 Å². The Morgan fingerprint density at radius 3 is 2.94 bits per heavy atom. The lowest BCUT2D eigenvalue weighted by atomic mass is 10.3. The number of rotatable bonds is 1. The predicted octanol–water partition coefficient (Wildman–Crippen LogP) is 3.07. The first-order valence-electron chi connectivity index (χ1n) is 4.86. The van der Waals surface area contributed by atoms with Crippen molar-refractivity contribution in [1.29, 1.82) is 0 Å². The van der Waals surface area contributed by atoms with Crippen molar-refractivity contribution in [3.63, 3.8) is 0 Å². The Kier molecular flexibility index (Phi) is 2.71. The van der Waals surface area contributed by atoms with Gasteiger partial charge in [0.25, 0.3) is 0 Å². The van der Waals surface area contributed by atoms with E-state index < -0.39 is 0 Å². The summed E-state index contributed by atoms with van der Waals surface area (Å²) in [4.78, 5) is 8.14. The van der Waals surface area contributed by atoms with Gasteiger partial charge in [-0.05, 0) is 40.8 Å². The Bertz CT molecular complexity index is 695. The van der Waals surface area contributed by atoms with Gasteiger partial charge in [0.1, 0.15) is 11.5 Å². The second kappa shape index (κ2) is 4.23. The summed E-state index contributed by atoms with van der Waals surface area (Å²) in [6.07, 6.45) is 3.12. The van der Waals surface area contributed by atoms with Crippen LogP contribution in [-0.2, 0) is 0 Å². The van der Waals surface area contributed by atoms with Crippen LogP contribution in [0.3, 0.4) is 0 Å². The van der Waals surface area contributed by atoms with E-state index in [1.807, 2.05) is 24.3 Å². The normalized spacial score (nSPS) is 10.9. The van der Waals surface area contributed by atoms with Gasteiger partial charge in [0.2, 0.25) is 0 Å². The van der Waals surface area contributed by atoms with Crippen LogP contribution in [0, 0.1) is 3.57 Å². The molecule has 3 rings (SSSR count). The second-order valence-electron chi connectivity index (χ2n) is 3.44. The molecule has 0 aliphatic heterocycles. The molecule has 0 bridgehead atoms. The monoisotopic (exact) mass is 356 g/mol. The third kappa shape index (κ3) is 1.89. The number of benzene rings is 1. The van der Waals surface area contributed by atoms with Crippen LogP contribution in [0.4, 0.5) is 0 Å². The van der Waals surface area contributed by atoms with Crippen LogP contribution in [0.2, 0.25) is 5.15 Å². The maximum Gasteiger partial charge on any atom is 0.167 e. The molecule has 0 atom stereocenters. The van der Waals surface area contributed by atoms with E-state index >= 15 is 0 Å². The van der Waals surface area contributed by atoms with Crippen molar-refractivity contribution in [3.8, 4) is 5.69 Å². The van der Waals surface area contributed by atoms with E-state index in [9.17, 15) is 0 Å². The molecular formula is C11H6ClIN4. The summed E-state index contributed by atoms with van der Waals surface area (Å²) in [5.41, 5.74) is 1.67. The second-order valence-corrected chi connectivity index (χ2v) is 5.04. The molecule has 3 aromatic rings. The van der Waals surface area contributed by atoms with E-state index in [0.29, 0.717) is 10.8 Å². The summed E-state index contributed by atoms with van der Waals surface area (Å²) in [6, 6.07) is 8.01. The van der Waals surface area contributed by atoms with Gasteiger partial charge in [-0.15, -0.1) is 0 Å². The minimum atomic E-state index is 0.423. The molecule has 1 aromatic carbocycles. The van der Waals surface area contributed by atoms with Crippen LogP contribution in [0.1, 0.15) is 0 Å². The Balaban J connectivity index is 2.28. The first kappa shape index (κ1) is 10.9. The summed E-state index contributed by atoms with van der Waals surface area (Å²) >= 11 is 8.24. The lowest BCUT2D eigenvalue weighted by molar-refractivity contribution is 0.894. The fourth-order valence-electron chi connectivity index (χ4n) is 1.61. The fourth-order valence-corrected chi connectivity index (χ4v) is 2.32. The predicted molar refractivity (Wildman–Crippen MR) is 74.4 cm³/mol. The highest BCUT2D eigenvalue weighted by atomic mass is 127. The number of halogens is 2. The SMILES string of the molecule is Clc1ncnc2c1cnn2-c1cccc(I)c1. The Hall–Kier alpha value is -1.21. The Morgan fingerprint density at radius 1 is 1.24 bits per heavy atom. The lowest BCUT2D eigenvalue weighted by Crippen LogP contribution is -1.97. The van der Waals surface area contributed by atoms with Crippen molar-refractivity contribution in [2.24, 2.45) is 0 Å². The number of hydrogen-bond acceptors (Lipinski definition) is 3.